The monoisotopic (exact) mass is 327 g/mol. The SMILES string of the molecule is CC(NC(=O)c1cc(F)c(F)cc1F)C(O)c1ccc(F)cc1. The van der Waals surface area contributed by atoms with Crippen LogP contribution in [0.5, 0.6) is 0 Å². The molecule has 0 aromatic heterocycles. The lowest BCUT2D eigenvalue weighted by Gasteiger charge is -2.21. The first-order chi connectivity index (χ1) is 10.8. The van der Waals surface area contributed by atoms with Crippen molar-refractivity contribution in [3.05, 3.63) is 70.8 Å². The summed E-state index contributed by atoms with van der Waals surface area (Å²) in [5, 5.41) is 12.4. The molecule has 0 fully saturated rings. The fraction of sp³-hybridized carbons (Fsp3) is 0.188. The van der Waals surface area contributed by atoms with E-state index in [0.717, 1.165) is 12.1 Å². The highest BCUT2D eigenvalue weighted by molar-refractivity contribution is 5.94. The summed E-state index contributed by atoms with van der Waals surface area (Å²) in [6, 6.07) is 4.79. The first-order valence-electron chi connectivity index (χ1n) is 6.68. The summed E-state index contributed by atoms with van der Waals surface area (Å²) in [5.41, 5.74) is -0.341. The maximum absolute atomic E-state index is 13.5. The van der Waals surface area contributed by atoms with E-state index in [1.807, 2.05) is 0 Å². The molecule has 3 nitrogen and oxygen atoms in total. The number of carbonyl (C=O) groups excluding carboxylic acids is 1. The number of benzene rings is 2. The minimum atomic E-state index is -1.40. The molecular weight excluding hydrogens is 314 g/mol. The van der Waals surface area contributed by atoms with Gasteiger partial charge < -0.3 is 10.4 Å². The Morgan fingerprint density at radius 3 is 2.17 bits per heavy atom. The van der Waals surface area contributed by atoms with Crippen molar-refractivity contribution in [2.24, 2.45) is 0 Å². The van der Waals surface area contributed by atoms with Crippen LogP contribution in [0.2, 0.25) is 0 Å². The number of aliphatic hydroxyl groups is 1. The Morgan fingerprint density at radius 2 is 1.57 bits per heavy atom. The molecule has 2 N–H and O–H groups in total. The van der Waals surface area contributed by atoms with Gasteiger partial charge in [-0.25, -0.2) is 17.6 Å². The number of hydrogen-bond acceptors (Lipinski definition) is 2. The molecule has 122 valence electrons. The zero-order chi connectivity index (χ0) is 17.1. The van der Waals surface area contributed by atoms with E-state index in [9.17, 15) is 27.5 Å². The van der Waals surface area contributed by atoms with Gasteiger partial charge >= 0.3 is 0 Å². The zero-order valence-corrected chi connectivity index (χ0v) is 12.0. The van der Waals surface area contributed by atoms with Crippen LogP contribution in [0, 0.1) is 23.3 Å². The summed E-state index contributed by atoms with van der Waals surface area (Å²) in [6.07, 6.45) is -1.19. The number of nitrogens with one attached hydrogen (secondary N) is 1. The molecule has 0 spiro atoms. The fourth-order valence-corrected chi connectivity index (χ4v) is 2.01. The number of aliphatic hydroxyl groups excluding tert-OH is 1. The Bertz CT molecular complexity index is 719. The van der Waals surface area contributed by atoms with Gasteiger partial charge in [-0.2, -0.15) is 0 Å². The highest BCUT2D eigenvalue weighted by atomic mass is 19.2. The normalized spacial score (nSPS) is 13.5. The maximum Gasteiger partial charge on any atom is 0.254 e. The van der Waals surface area contributed by atoms with Gasteiger partial charge in [0.1, 0.15) is 11.6 Å². The number of carbonyl (C=O) groups is 1. The average molecular weight is 327 g/mol. The summed E-state index contributed by atoms with van der Waals surface area (Å²) < 4.78 is 52.3. The van der Waals surface area contributed by atoms with Crippen molar-refractivity contribution >= 4 is 5.91 Å². The van der Waals surface area contributed by atoms with Gasteiger partial charge in [0.2, 0.25) is 0 Å². The molecule has 7 heteroatoms. The molecule has 1 amide bonds. The van der Waals surface area contributed by atoms with Crippen molar-refractivity contribution in [3.63, 3.8) is 0 Å². The molecule has 2 aromatic carbocycles. The summed E-state index contributed by atoms with van der Waals surface area (Å²) >= 11 is 0. The Labute approximate surface area is 129 Å². The minimum Gasteiger partial charge on any atom is -0.386 e. The lowest BCUT2D eigenvalue weighted by atomic mass is 10.0. The van der Waals surface area contributed by atoms with Gasteiger partial charge in [-0.05, 0) is 30.7 Å². The second-order valence-electron chi connectivity index (χ2n) is 5.00. The molecule has 0 aliphatic rings. The third-order valence-corrected chi connectivity index (χ3v) is 3.30. The molecule has 0 aliphatic heterocycles. The van der Waals surface area contributed by atoms with Gasteiger partial charge in [0.05, 0.1) is 17.7 Å². The van der Waals surface area contributed by atoms with Crippen molar-refractivity contribution in [1.82, 2.24) is 5.32 Å². The first kappa shape index (κ1) is 17.0. The summed E-state index contributed by atoms with van der Waals surface area (Å²) in [5.74, 6) is -5.47. The van der Waals surface area contributed by atoms with Gasteiger partial charge in [0.25, 0.3) is 5.91 Å². The van der Waals surface area contributed by atoms with Gasteiger partial charge in [0.15, 0.2) is 11.6 Å². The molecule has 0 saturated heterocycles. The Hall–Kier alpha value is -2.41. The van der Waals surface area contributed by atoms with Crippen molar-refractivity contribution in [2.75, 3.05) is 0 Å². The van der Waals surface area contributed by atoms with E-state index >= 15 is 0 Å². The van der Waals surface area contributed by atoms with E-state index in [-0.39, 0.29) is 6.07 Å². The van der Waals surface area contributed by atoms with Crippen molar-refractivity contribution in [3.8, 4) is 0 Å². The standard InChI is InChI=1S/C16H13F4NO2/c1-8(15(22)9-2-4-10(17)5-3-9)21-16(23)11-6-13(19)14(20)7-12(11)18/h2-8,15,22H,1H3,(H,21,23). The van der Waals surface area contributed by atoms with E-state index in [1.54, 1.807) is 0 Å². The fourth-order valence-electron chi connectivity index (χ4n) is 2.01. The van der Waals surface area contributed by atoms with Crippen LogP contribution in [0.4, 0.5) is 17.6 Å². The van der Waals surface area contributed by atoms with Crippen LogP contribution in [0.1, 0.15) is 28.9 Å². The predicted octanol–water partition coefficient (Wildman–Crippen LogP) is 3.09. The lowest BCUT2D eigenvalue weighted by molar-refractivity contribution is 0.0847. The van der Waals surface area contributed by atoms with Crippen LogP contribution in [0.15, 0.2) is 36.4 Å². The van der Waals surface area contributed by atoms with Crippen molar-refractivity contribution in [2.45, 2.75) is 19.1 Å². The van der Waals surface area contributed by atoms with Gasteiger partial charge in [-0.3, -0.25) is 4.79 Å². The van der Waals surface area contributed by atoms with E-state index in [1.165, 1.54) is 19.1 Å². The maximum atomic E-state index is 13.5. The van der Waals surface area contributed by atoms with Crippen LogP contribution in [-0.4, -0.2) is 17.1 Å². The number of halogens is 4. The topological polar surface area (TPSA) is 49.3 Å². The van der Waals surface area contributed by atoms with Crippen LogP contribution in [0.25, 0.3) is 0 Å². The molecule has 2 atom stereocenters. The van der Waals surface area contributed by atoms with Gasteiger partial charge in [-0.15, -0.1) is 0 Å². The summed E-state index contributed by atoms with van der Waals surface area (Å²) in [6.45, 7) is 1.43. The summed E-state index contributed by atoms with van der Waals surface area (Å²) in [7, 11) is 0. The summed E-state index contributed by atoms with van der Waals surface area (Å²) in [4.78, 5) is 11.9. The van der Waals surface area contributed by atoms with Crippen LogP contribution >= 0.6 is 0 Å². The quantitative estimate of drug-likeness (QED) is 0.670. The van der Waals surface area contributed by atoms with Crippen molar-refractivity contribution in [1.29, 1.82) is 0 Å². The molecule has 0 heterocycles. The number of hydrogen-bond donors (Lipinski definition) is 2. The second kappa shape index (κ2) is 6.78. The smallest absolute Gasteiger partial charge is 0.254 e. The lowest BCUT2D eigenvalue weighted by Crippen LogP contribution is -2.37. The molecule has 0 aliphatic carbocycles. The van der Waals surface area contributed by atoms with E-state index in [4.69, 9.17) is 0 Å². The molecule has 0 radical (unpaired) electrons. The van der Waals surface area contributed by atoms with E-state index in [0.29, 0.717) is 11.6 Å². The number of rotatable bonds is 4. The average Bonchev–Trinajstić information content (AvgIpc) is 2.50. The Kier molecular flexibility index (Phi) is 5.00. The second-order valence-corrected chi connectivity index (χ2v) is 5.00. The number of amides is 1. The van der Waals surface area contributed by atoms with Gasteiger partial charge in [-0.1, -0.05) is 12.1 Å². The predicted molar refractivity (Wildman–Crippen MR) is 74.6 cm³/mol. The molecule has 2 unspecified atom stereocenters. The van der Waals surface area contributed by atoms with Crippen LogP contribution < -0.4 is 5.32 Å². The van der Waals surface area contributed by atoms with Crippen LogP contribution in [0.3, 0.4) is 0 Å². The highest BCUT2D eigenvalue weighted by Crippen LogP contribution is 2.19. The first-order valence-corrected chi connectivity index (χ1v) is 6.68. The minimum absolute atomic E-state index is 0.269. The van der Waals surface area contributed by atoms with E-state index in [2.05, 4.69) is 5.32 Å². The third kappa shape index (κ3) is 3.87. The van der Waals surface area contributed by atoms with E-state index < -0.39 is 46.9 Å². The van der Waals surface area contributed by atoms with Gasteiger partial charge in [0, 0.05) is 6.07 Å². The molecule has 23 heavy (non-hydrogen) atoms. The van der Waals surface area contributed by atoms with Crippen LogP contribution in [-0.2, 0) is 0 Å². The Morgan fingerprint density at radius 1 is 1.00 bits per heavy atom. The molecular formula is C16H13F4NO2. The molecule has 0 bridgehead atoms. The highest BCUT2D eigenvalue weighted by Gasteiger charge is 2.22. The third-order valence-electron chi connectivity index (χ3n) is 3.30. The Balaban J connectivity index is 2.13. The molecule has 2 aromatic rings. The largest absolute Gasteiger partial charge is 0.386 e. The zero-order valence-electron chi connectivity index (χ0n) is 12.0. The van der Waals surface area contributed by atoms with Crippen molar-refractivity contribution < 1.29 is 27.5 Å². The molecule has 2 rings (SSSR count). The molecule has 0 saturated carbocycles.